The number of rotatable bonds is 3. The fourth-order valence-electron chi connectivity index (χ4n) is 3.09. The van der Waals surface area contributed by atoms with E-state index < -0.39 is 9.84 Å². The van der Waals surface area contributed by atoms with Crippen molar-refractivity contribution in [3.05, 3.63) is 29.8 Å². The molecule has 1 aliphatic heterocycles. The minimum Gasteiger partial charge on any atom is -0.299 e. The van der Waals surface area contributed by atoms with Crippen LogP contribution in [0.25, 0.3) is 0 Å². The van der Waals surface area contributed by atoms with Gasteiger partial charge in [-0.1, -0.05) is 32.9 Å². The SMILES string of the molecule is CC(C)(C)C1CCN(Cc2cccc(S(C)(=O)=O)c2)CC1. The van der Waals surface area contributed by atoms with Crippen molar-refractivity contribution in [3.63, 3.8) is 0 Å². The van der Waals surface area contributed by atoms with Gasteiger partial charge in [-0.05, 0) is 55.0 Å². The molecule has 1 aromatic rings. The summed E-state index contributed by atoms with van der Waals surface area (Å²) in [5.41, 5.74) is 1.48. The number of hydrogen-bond acceptors (Lipinski definition) is 3. The van der Waals surface area contributed by atoms with Crippen LogP contribution in [0, 0.1) is 11.3 Å². The third kappa shape index (κ3) is 4.55. The number of hydrogen-bond donors (Lipinski definition) is 0. The lowest BCUT2D eigenvalue weighted by Gasteiger charge is -2.38. The van der Waals surface area contributed by atoms with Gasteiger partial charge in [0.2, 0.25) is 0 Å². The molecule has 1 fully saturated rings. The van der Waals surface area contributed by atoms with Crippen LogP contribution < -0.4 is 0 Å². The predicted molar refractivity (Wildman–Crippen MR) is 87.0 cm³/mol. The molecule has 0 unspecified atom stereocenters. The van der Waals surface area contributed by atoms with Crippen LogP contribution in [0.2, 0.25) is 0 Å². The van der Waals surface area contributed by atoms with Crippen molar-refractivity contribution in [1.29, 1.82) is 0 Å². The van der Waals surface area contributed by atoms with E-state index in [0.717, 1.165) is 31.1 Å². The summed E-state index contributed by atoms with van der Waals surface area (Å²) < 4.78 is 23.2. The number of benzene rings is 1. The molecule has 0 saturated carbocycles. The van der Waals surface area contributed by atoms with Gasteiger partial charge in [0, 0.05) is 12.8 Å². The van der Waals surface area contributed by atoms with Crippen LogP contribution in [0.4, 0.5) is 0 Å². The summed E-state index contributed by atoms with van der Waals surface area (Å²) in [4.78, 5) is 2.86. The molecule has 3 nitrogen and oxygen atoms in total. The van der Waals surface area contributed by atoms with Crippen molar-refractivity contribution in [1.82, 2.24) is 4.90 Å². The van der Waals surface area contributed by atoms with Gasteiger partial charge in [-0.25, -0.2) is 8.42 Å². The van der Waals surface area contributed by atoms with Gasteiger partial charge in [0.15, 0.2) is 9.84 Å². The summed E-state index contributed by atoms with van der Waals surface area (Å²) in [6, 6.07) is 7.34. The van der Waals surface area contributed by atoms with E-state index in [1.807, 2.05) is 18.2 Å². The van der Waals surface area contributed by atoms with E-state index in [2.05, 4.69) is 25.7 Å². The average molecular weight is 309 g/mol. The first-order chi connectivity index (χ1) is 9.66. The van der Waals surface area contributed by atoms with E-state index in [1.54, 1.807) is 6.07 Å². The minimum atomic E-state index is -3.11. The van der Waals surface area contributed by atoms with Crippen LogP contribution in [0.5, 0.6) is 0 Å². The highest BCUT2D eigenvalue weighted by molar-refractivity contribution is 7.90. The van der Waals surface area contributed by atoms with Crippen LogP contribution in [-0.2, 0) is 16.4 Å². The molecule has 1 heterocycles. The Morgan fingerprint density at radius 2 is 1.81 bits per heavy atom. The third-order valence-electron chi connectivity index (χ3n) is 4.55. The van der Waals surface area contributed by atoms with Gasteiger partial charge in [-0.3, -0.25) is 4.90 Å². The molecule has 1 aliphatic rings. The van der Waals surface area contributed by atoms with E-state index in [4.69, 9.17) is 0 Å². The molecule has 0 aromatic heterocycles. The quantitative estimate of drug-likeness (QED) is 0.859. The zero-order valence-corrected chi connectivity index (χ0v) is 14.4. The number of piperidine rings is 1. The van der Waals surface area contributed by atoms with Crippen LogP contribution in [0.3, 0.4) is 0 Å². The van der Waals surface area contributed by atoms with Gasteiger partial charge >= 0.3 is 0 Å². The van der Waals surface area contributed by atoms with Crippen LogP contribution >= 0.6 is 0 Å². The van der Waals surface area contributed by atoms with Gasteiger partial charge in [0.25, 0.3) is 0 Å². The lowest BCUT2D eigenvalue weighted by Crippen LogP contribution is -2.37. The molecule has 4 heteroatoms. The molecule has 1 saturated heterocycles. The summed E-state index contributed by atoms with van der Waals surface area (Å²) in [6.07, 6.45) is 3.73. The van der Waals surface area contributed by atoms with E-state index in [1.165, 1.54) is 19.1 Å². The maximum absolute atomic E-state index is 11.6. The second-order valence-corrected chi connectivity index (χ2v) is 9.35. The molecular formula is C17H27NO2S. The first kappa shape index (κ1) is 16.5. The Kier molecular flexibility index (Phi) is 4.79. The Morgan fingerprint density at radius 1 is 1.19 bits per heavy atom. The summed E-state index contributed by atoms with van der Waals surface area (Å²) in [6.45, 7) is 10.0. The fraction of sp³-hybridized carbons (Fsp3) is 0.647. The van der Waals surface area contributed by atoms with Crippen molar-refractivity contribution < 1.29 is 8.42 Å². The molecule has 1 aromatic carbocycles. The van der Waals surface area contributed by atoms with Gasteiger partial charge in [0.1, 0.15) is 0 Å². The maximum Gasteiger partial charge on any atom is 0.175 e. The molecule has 21 heavy (non-hydrogen) atoms. The Bertz CT molecular complexity index is 579. The molecule has 0 radical (unpaired) electrons. The first-order valence-corrected chi connectivity index (χ1v) is 9.57. The Balaban J connectivity index is 1.98. The first-order valence-electron chi connectivity index (χ1n) is 7.67. The minimum absolute atomic E-state index is 0.391. The Hall–Kier alpha value is -0.870. The van der Waals surface area contributed by atoms with Crippen molar-refractivity contribution >= 4 is 9.84 Å². The molecule has 0 aliphatic carbocycles. The highest BCUT2D eigenvalue weighted by atomic mass is 32.2. The fourth-order valence-corrected chi connectivity index (χ4v) is 3.78. The van der Waals surface area contributed by atoms with Crippen molar-refractivity contribution in [2.24, 2.45) is 11.3 Å². The van der Waals surface area contributed by atoms with Gasteiger partial charge in [-0.15, -0.1) is 0 Å². The topological polar surface area (TPSA) is 37.4 Å². The van der Waals surface area contributed by atoms with E-state index >= 15 is 0 Å². The second-order valence-electron chi connectivity index (χ2n) is 7.34. The van der Waals surface area contributed by atoms with Gasteiger partial charge in [0.05, 0.1) is 4.90 Å². The van der Waals surface area contributed by atoms with Crippen LogP contribution in [-0.4, -0.2) is 32.7 Å². The predicted octanol–water partition coefficient (Wildman–Crippen LogP) is 3.35. The van der Waals surface area contributed by atoms with Crippen LogP contribution in [0.15, 0.2) is 29.2 Å². The monoisotopic (exact) mass is 309 g/mol. The Labute approximate surface area is 129 Å². The van der Waals surface area contributed by atoms with Gasteiger partial charge < -0.3 is 0 Å². The molecule has 0 atom stereocenters. The summed E-state index contributed by atoms with van der Waals surface area (Å²) in [5, 5.41) is 0. The molecule has 0 amide bonds. The molecule has 0 bridgehead atoms. The van der Waals surface area contributed by atoms with E-state index in [0.29, 0.717) is 10.3 Å². The second kappa shape index (κ2) is 6.09. The number of sulfone groups is 1. The smallest absolute Gasteiger partial charge is 0.175 e. The summed E-state index contributed by atoms with van der Waals surface area (Å²) in [7, 11) is -3.11. The summed E-state index contributed by atoms with van der Waals surface area (Å²) in [5.74, 6) is 0.788. The highest BCUT2D eigenvalue weighted by Crippen LogP contribution is 2.34. The number of likely N-dealkylation sites (tertiary alicyclic amines) is 1. The van der Waals surface area contributed by atoms with Crippen LogP contribution in [0.1, 0.15) is 39.2 Å². The number of nitrogens with zero attached hydrogens (tertiary/aromatic N) is 1. The average Bonchev–Trinajstić information content (AvgIpc) is 2.37. The lowest BCUT2D eigenvalue weighted by atomic mass is 9.75. The maximum atomic E-state index is 11.6. The molecule has 0 N–H and O–H groups in total. The van der Waals surface area contributed by atoms with E-state index in [-0.39, 0.29) is 0 Å². The Morgan fingerprint density at radius 3 is 2.33 bits per heavy atom. The zero-order valence-electron chi connectivity index (χ0n) is 13.6. The van der Waals surface area contributed by atoms with Crippen molar-refractivity contribution in [2.75, 3.05) is 19.3 Å². The molecule has 118 valence electrons. The normalized spacial score (nSPS) is 18.9. The molecule has 0 spiro atoms. The molecular weight excluding hydrogens is 282 g/mol. The zero-order chi connectivity index (χ0) is 15.7. The summed E-state index contributed by atoms with van der Waals surface area (Å²) >= 11 is 0. The third-order valence-corrected chi connectivity index (χ3v) is 5.66. The van der Waals surface area contributed by atoms with Gasteiger partial charge in [-0.2, -0.15) is 0 Å². The molecule has 2 rings (SSSR count). The highest BCUT2D eigenvalue weighted by Gasteiger charge is 2.28. The van der Waals surface area contributed by atoms with Crippen molar-refractivity contribution in [3.8, 4) is 0 Å². The largest absolute Gasteiger partial charge is 0.299 e. The lowest BCUT2D eigenvalue weighted by molar-refractivity contribution is 0.108. The standard InChI is InChI=1S/C17H27NO2S/c1-17(2,3)15-8-10-18(11-9-15)13-14-6-5-7-16(12-14)21(4,19)20/h5-7,12,15H,8-11,13H2,1-4H3. The van der Waals surface area contributed by atoms with E-state index in [9.17, 15) is 8.42 Å². The van der Waals surface area contributed by atoms with Crippen molar-refractivity contribution in [2.45, 2.75) is 45.1 Å².